The Morgan fingerprint density at radius 1 is 0.968 bits per heavy atom. The molecule has 2 aromatic carbocycles. The van der Waals surface area contributed by atoms with Gasteiger partial charge in [-0.1, -0.05) is 15.9 Å². The Morgan fingerprint density at radius 3 is 2.29 bits per heavy atom. The molecule has 31 heavy (non-hydrogen) atoms. The van der Waals surface area contributed by atoms with Crippen LogP contribution in [0.1, 0.15) is 32.1 Å². The van der Waals surface area contributed by atoms with Gasteiger partial charge in [-0.2, -0.15) is 0 Å². The highest BCUT2D eigenvalue weighted by Crippen LogP contribution is 2.26. The lowest BCUT2D eigenvalue weighted by Gasteiger charge is -2.14. The molecule has 0 unspecified atom stereocenters. The number of benzene rings is 2. The first kappa shape index (κ1) is 20.7. The topological polar surface area (TPSA) is 101 Å². The minimum absolute atomic E-state index is 0.242. The van der Waals surface area contributed by atoms with E-state index in [1.165, 1.54) is 0 Å². The largest absolute Gasteiger partial charge is 0.424 e. The zero-order chi connectivity index (χ0) is 22.1. The summed E-state index contributed by atoms with van der Waals surface area (Å²) in [6.45, 7) is 3.33. The fraction of sp³-hybridized carbons (Fsp3) is 0.136. The Bertz CT molecular complexity index is 1190. The van der Waals surface area contributed by atoms with Crippen molar-refractivity contribution in [3.8, 4) is 11.8 Å². The molecule has 9 heteroatoms. The minimum Gasteiger partial charge on any atom is -0.424 e. The molecule has 0 spiro atoms. The molecule has 0 aliphatic carbocycles. The number of ether oxygens (including phenoxy) is 1. The molecule has 4 rings (SSSR count). The number of hydrogen-bond acceptors (Lipinski definition) is 6. The Hall–Kier alpha value is -3.59. The summed E-state index contributed by atoms with van der Waals surface area (Å²) in [5.41, 5.74) is 2.66. The van der Waals surface area contributed by atoms with E-state index in [2.05, 4.69) is 31.2 Å². The molecule has 1 aliphatic heterocycles. The van der Waals surface area contributed by atoms with E-state index in [-0.39, 0.29) is 23.7 Å². The van der Waals surface area contributed by atoms with Crippen LogP contribution in [0.5, 0.6) is 11.8 Å². The number of nitrogens with one attached hydrogen (secondary N) is 1. The van der Waals surface area contributed by atoms with Crippen molar-refractivity contribution in [1.82, 2.24) is 14.9 Å². The van der Waals surface area contributed by atoms with E-state index in [1.807, 2.05) is 19.9 Å². The van der Waals surface area contributed by atoms with Gasteiger partial charge in [-0.15, -0.1) is 0 Å². The van der Waals surface area contributed by atoms with Crippen molar-refractivity contribution in [2.45, 2.75) is 13.8 Å². The summed E-state index contributed by atoms with van der Waals surface area (Å²) >= 11 is 3.28. The zero-order valence-corrected chi connectivity index (χ0v) is 18.3. The van der Waals surface area contributed by atoms with Crippen LogP contribution >= 0.6 is 15.9 Å². The van der Waals surface area contributed by atoms with Crippen molar-refractivity contribution < 1.29 is 19.1 Å². The van der Waals surface area contributed by atoms with Gasteiger partial charge in [0.05, 0.1) is 11.1 Å². The number of hydrogen-bond donors (Lipinski definition) is 1. The first-order chi connectivity index (χ1) is 14.8. The molecule has 156 valence electrons. The number of fused-ring (bicyclic) bond motifs is 1. The molecule has 0 atom stereocenters. The van der Waals surface area contributed by atoms with E-state index in [4.69, 9.17) is 4.74 Å². The summed E-state index contributed by atoms with van der Waals surface area (Å²) in [6.07, 6.45) is 0. The Morgan fingerprint density at radius 2 is 1.61 bits per heavy atom. The fourth-order valence-corrected chi connectivity index (χ4v) is 3.56. The SMILES string of the molecule is Cc1cc(C)nc(Oc2ccc(NC(=O)CN3C(=O)c4ccc(Br)cc4C3=O)cc2)n1. The van der Waals surface area contributed by atoms with Crippen molar-refractivity contribution in [3.05, 3.63) is 75.5 Å². The maximum Gasteiger partial charge on any atom is 0.322 e. The number of amides is 3. The van der Waals surface area contributed by atoms with Gasteiger partial charge in [0, 0.05) is 21.5 Å². The predicted octanol–water partition coefficient (Wildman–Crippen LogP) is 3.88. The second-order valence-corrected chi connectivity index (χ2v) is 7.91. The van der Waals surface area contributed by atoms with Gasteiger partial charge in [-0.05, 0) is 62.4 Å². The number of carbonyl (C=O) groups is 3. The molecule has 0 radical (unpaired) electrons. The second kappa shape index (κ2) is 8.27. The minimum atomic E-state index is -0.492. The third-order valence-electron chi connectivity index (χ3n) is 4.54. The Balaban J connectivity index is 1.39. The van der Waals surface area contributed by atoms with E-state index >= 15 is 0 Å². The highest BCUT2D eigenvalue weighted by atomic mass is 79.9. The van der Waals surface area contributed by atoms with Crippen LogP contribution in [0.3, 0.4) is 0 Å². The first-order valence-corrected chi connectivity index (χ1v) is 10.2. The number of nitrogens with zero attached hydrogens (tertiary/aromatic N) is 3. The summed E-state index contributed by atoms with van der Waals surface area (Å²) in [5, 5.41) is 2.68. The number of imide groups is 1. The molecule has 3 amide bonds. The van der Waals surface area contributed by atoms with Gasteiger partial charge in [0.1, 0.15) is 12.3 Å². The van der Waals surface area contributed by atoms with Crippen LogP contribution in [-0.2, 0) is 4.79 Å². The number of halogens is 1. The molecule has 8 nitrogen and oxygen atoms in total. The highest BCUT2D eigenvalue weighted by Gasteiger charge is 2.36. The van der Waals surface area contributed by atoms with Crippen molar-refractivity contribution >= 4 is 39.3 Å². The van der Waals surface area contributed by atoms with E-state index in [0.29, 0.717) is 15.9 Å². The van der Waals surface area contributed by atoms with Crippen LogP contribution in [0, 0.1) is 13.8 Å². The lowest BCUT2D eigenvalue weighted by atomic mass is 10.1. The number of anilines is 1. The number of aryl methyl sites for hydroxylation is 2. The first-order valence-electron chi connectivity index (χ1n) is 9.36. The standard InChI is InChI=1S/C22H17BrN4O4/c1-12-9-13(2)25-22(24-12)31-16-6-4-15(5-7-16)26-19(28)11-27-20(29)17-8-3-14(23)10-18(17)21(27)30/h3-10H,11H2,1-2H3,(H,26,28). The monoisotopic (exact) mass is 480 g/mol. The third-order valence-corrected chi connectivity index (χ3v) is 5.04. The lowest BCUT2D eigenvalue weighted by Crippen LogP contribution is -2.37. The highest BCUT2D eigenvalue weighted by molar-refractivity contribution is 9.10. The van der Waals surface area contributed by atoms with E-state index in [1.54, 1.807) is 42.5 Å². The third kappa shape index (κ3) is 4.46. The molecule has 0 fully saturated rings. The number of aromatic nitrogens is 2. The molecular weight excluding hydrogens is 464 g/mol. The summed E-state index contributed by atoms with van der Waals surface area (Å²) < 4.78 is 6.33. The average molecular weight is 481 g/mol. The van der Waals surface area contributed by atoms with Crippen LogP contribution in [0.4, 0.5) is 5.69 Å². The molecule has 0 saturated carbocycles. The maximum atomic E-state index is 12.5. The Labute approximate surface area is 186 Å². The molecule has 0 saturated heterocycles. The predicted molar refractivity (Wildman–Crippen MR) is 116 cm³/mol. The number of carbonyl (C=O) groups excluding carboxylic acids is 3. The van der Waals surface area contributed by atoms with Crippen LogP contribution in [0.2, 0.25) is 0 Å². The van der Waals surface area contributed by atoms with E-state index < -0.39 is 17.7 Å². The quantitative estimate of drug-likeness (QED) is 0.555. The molecule has 1 N–H and O–H groups in total. The molecule has 1 aromatic heterocycles. The summed E-state index contributed by atoms with van der Waals surface area (Å²) in [5.74, 6) is -0.956. The maximum absolute atomic E-state index is 12.5. The van der Waals surface area contributed by atoms with E-state index in [0.717, 1.165) is 16.3 Å². The zero-order valence-electron chi connectivity index (χ0n) is 16.7. The Kier molecular flexibility index (Phi) is 5.51. The second-order valence-electron chi connectivity index (χ2n) is 6.99. The van der Waals surface area contributed by atoms with Crippen LogP contribution in [0.15, 0.2) is 53.0 Å². The van der Waals surface area contributed by atoms with Gasteiger partial charge >= 0.3 is 6.01 Å². The van der Waals surface area contributed by atoms with Gasteiger partial charge in [0.2, 0.25) is 5.91 Å². The summed E-state index contributed by atoms with van der Waals surface area (Å²) in [4.78, 5) is 46.7. The van der Waals surface area contributed by atoms with Crippen molar-refractivity contribution in [2.24, 2.45) is 0 Å². The summed E-state index contributed by atoms with van der Waals surface area (Å²) in [6, 6.07) is 13.5. The molecule has 2 heterocycles. The molecule has 3 aromatic rings. The van der Waals surface area contributed by atoms with Gasteiger partial charge in [0.25, 0.3) is 11.8 Å². The van der Waals surface area contributed by atoms with Crippen LogP contribution in [-0.4, -0.2) is 39.1 Å². The van der Waals surface area contributed by atoms with Crippen molar-refractivity contribution in [1.29, 1.82) is 0 Å². The smallest absolute Gasteiger partial charge is 0.322 e. The molecular formula is C22H17BrN4O4. The normalized spacial score (nSPS) is 12.7. The molecule has 0 bridgehead atoms. The summed E-state index contributed by atoms with van der Waals surface area (Å²) in [7, 11) is 0. The number of rotatable bonds is 5. The average Bonchev–Trinajstić information content (AvgIpc) is 2.93. The van der Waals surface area contributed by atoms with E-state index in [9.17, 15) is 14.4 Å². The molecule has 1 aliphatic rings. The van der Waals surface area contributed by atoms with Crippen molar-refractivity contribution in [3.63, 3.8) is 0 Å². The fourth-order valence-electron chi connectivity index (χ4n) is 3.20. The lowest BCUT2D eigenvalue weighted by molar-refractivity contribution is -0.116. The van der Waals surface area contributed by atoms with Gasteiger partial charge in [-0.25, -0.2) is 9.97 Å². The van der Waals surface area contributed by atoms with Crippen LogP contribution in [0.25, 0.3) is 0 Å². The van der Waals surface area contributed by atoms with Crippen LogP contribution < -0.4 is 10.1 Å². The van der Waals surface area contributed by atoms with Crippen molar-refractivity contribution in [2.75, 3.05) is 11.9 Å². The van der Waals surface area contributed by atoms with Gasteiger partial charge in [-0.3, -0.25) is 19.3 Å². The van der Waals surface area contributed by atoms with Gasteiger partial charge < -0.3 is 10.1 Å². The van der Waals surface area contributed by atoms with Gasteiger partial charge in [0.15, 0.2) is 0 Å².